The lowest BCUT2D eigenvalue weighted by atomic mass is 10.0. The molecule has 6 heteroatoms. The Morgan fingerprint density at radius 2 is 0.534 bits per heavy atom. The maximum absolute atomic E-state index is 12.9. The van der Waals surface area contributed by atoms with Crippen molar-refractivity contribution in [2.24, 2.45) is 0 Å². The molecule has 0 aliphatic heterocycles. The Bertz CT molecular complexity index is 1360. The fraction of sp³-hybridized carbons (Fsp3) is 0.776. The van der Waals surface area contributed by atoms with Gasteiger partial charge in [-0.15, -0.1) is 0 Å². The molecule has 0 aromatic rings. The van der Waals surface area contributed by atoms with Crippen LogP contribution in [0.1, 0.15) is 316 Å². The molecule has 0 aromatic carbocycles. The van der Waals surface area contributed by atoms with Crippen molar-refractivity contribution < 1.29 is 28.6 Å². The molecular formula is C67H118O6. The number of hydrogen-bond acceptors (Lipinski definition) is 6. The van der Waals surface area contributed by atoms with E-state index in [4.69, 9.17) is 14.2 Å². The van der Waals surface area contributed by atoms with Gasteiger partial charge in [0.15, 0.2) is 6.10 Å². The van der Waals surface area contributed by atoms with Crippen molar-refractivity contribution in [2.45, 2.75) is 322 Å². The first-order valence-electron chi connectivity index (χ1n) is 31.4. The summed E-state index contributed by atoms with van der Waals surface area (Å²) in [5.74, 6) is -0.902. The molecule has 0 heterocycles. The minimum atomic E-state index is -0.792. The Morgan fingerprint density at radius 1 is 0.288 bits per heavy atom. The van der Waals surface area contributed by atoms with Crippen LogP contribution in [0.2, 0.25) is 0 Å². The molecule has 0 aliphatic rings. The minimum Gasteiger partial charge on any atom is -0.462 e. The topological polar surface area (TPSA) is 78.9 Å². The van der Waals surface area contributed by atoms with Crippen LogP contribution in [0.4, 0.5) is 0 Å². The highest BCUT2D eigenvalue weighted by Gasteiger charge is 2.19. The van der Waals surface area contributed by atoms with Crippen LogP contribution in [0.25, 0.3) is 0 Å². The van der Waals surface area contributed by atoms with Gasteiger partial charge in [0.25, 0.3) is 0 Å². The summed E-state index contributed by atoms with van der Waals surface area (Å²) in [5, 5.41) is 0. The Labute approximate surface area is 453 Å². The van der Waals surface area contributed by atoms with Crippen molar-refractivity contribution in [3.63, 3.8) is 0 Å². The van der Waals surface area contributed by atoms with E-state index in [0.29, 0.717) is 19.3 Å². The van der Waals surface area contributed by atoms with Crippen molar-refractivity contribution in [3.05, 3.63) is 72.9 Å². The molecule has 0 N–H and O–H groups in total. The lowest BCUT2D eigenvalue weighted by Gasteiger charge is -2.18. The highest BCUT2D eigenvalue weighted by Crippen LogP contribution is 2.17. The molecule has 0 aromatic heterocycles. The highest BCUT2D eigenvalue weighted by atomic mass is 16.6. The lowest BCUT2D eigenvalue weighted by molar-refractivity contribution is -0.167. The SMILES string of the molecule is CC/C=C\C/C=C\C/C=C\C/C=C\CCCCCCC(=O)O[C@H](COC(=O)CCCCCCCCC/C=C\C/C=C\CCCCC)COC(=O)CCCCCCCCCCCCCCCCCCCCCCC. The van der Waals surface area contributed by atoms with Gasteiger partial charge < -0.3 is 14.2 Å². The second-order valence-corrected chi connectivity index (χ2v) is 20.9. The van der Waals surface area contributed by atoms with Gasteiger partial charge >= 0.3 is 17.9 Å². The van der Waals surface area contributed by atoms with Crippen molar-refractivity contribution >= 4 is 17.9 Å². The van der Waals surface area contributed by atoms with Crippen molar-refractivity contribution in [2.75, 3.05) is 13.2 Å². The van der Waals surface area contributed by atoms with E-state index in [1.54, 1.807) is 0 Å². The van der Waals surface area contributed by atoms with Gasteiger partial charge in [0.2, 0.25) is 0 Å². The summed E-state index contributed by atoms with van der Waals surface area (Å²) < 4.78 is 16.9. The summed E-state index contributed by atoms with van der Waals surface area (Å²) in [6.45, 7) is 6.52. The average molecular weight is 1020 g/mol. The largest absolute Gasteiger partial charge is 0.462 e. The van der Waals surface area contributed by atoms with Gasteiger partial charge in [-0.1, -0.05) is 280 Å². The molecular weight excluding hydrogens is 901 g/mol. The molecule has 0 fully saturated rings. The zero-order chi connectivity index (χ0) is 52.9. The van der Waals surface area contributed by atoms with E-state index in [9.17, 15) is 14.4 Å². The summed E-state index contributed by atoms with van der Waals surface area (Å²) in [6.07, 6.45) is 79.0. The zero-order valence-electron chi connectivity index (χ0n) is 48.4. The summed E-state index contributed by atoms with van der Waals surface area (Å²) in [4.78, 5) is 38.3. The van der Waals surface area contributed by atoms with E-state index in [1.807, 2.05) is 0 Å². The normalized spacial score (nSPS) is 12.5. The lowest BCUT2D eigenvalue weighted by Crippen LogP contribution is -2.30. The highest BCUT2D eigenvalue weighted by molar-refractivity contribution is 5.71. The minimum absolute atomic E-state index is 0.0854. The van der Waals surface area contributed by atoms with E-state index in [-0.39, 0.29) is 31.1 Å². The van der Waals surface area contributed by atoms with Crippen LogP contribution in [-0.2, 0) is 28.6 Å². The molecule has 1 atom stereocenters. The number of unbranched alkanes of at least 4 members (excludes halogenated alkanes) is 34. The van der Waals surface area contributed by atoms with Crippen LogP contribution in [0, 0.1) is 0 Å². The van der Waals surface area contributed by atoms with E-state index in [1.165, 1.54) is 167 Å². The van der Waals surface area contributed by atoms with Crippen LogP contribution in [0.15, 0.2) is 72.9 Å². The predicted octanol–water partition coefficient (Wildman–Crippen LogP) is 21.3. The number of ether oxygens (including phenoxy) is 3. The summed E-state index contributed by atoms with van der Waals surface area (Å²) in [5.41, 5.74) is 0. The Balaban J connectivity index is 4.38. The molecule has 0 aliphatic carbocycles. The number of hydrogen-bond donors (Lipinski definition) is 0. The van der Waals surface area contributed by atoms with Crippen LogP contribution in [0.3, 0.4) is 0 Å². The van der Waals surface area contributed by atoms with E-state index < -0.39 is 6.10 Å². The number of carbonyl (C=O) groups excluding carboxylic acids is 3. The first-order valence-corrected chi connectivity index (χ1v) is 31.4. The van der Waals surface area contributed by atoms with Crippen molar-refractivity contribution in [1.82, 2.24) is 0 Å². The second-order valence-electron chi connectivity index (χ2n) is 20.9. The standard InChI is InChI=1S/C67H118O6/c1-4-7-10-13-16-19-22-25-28-31-32-33-34-37-39-42-45-48-51-54-57-60-66(69)72-63-64(73-67(70)61-58-55-52-49-46-43-40-36-30-27-24-21-18-15-12-9-6-3)62-71-65(68)59-56-53-50-47-44-41-38-35-29-26-23-20-17-14-11-8-5-2/h9,12,17-18,20-21,26-27,29-30,40,43,64H,4-8,10-11,13-16,19,22-25,28,31-39,41-42,44-63H2,1-3H3/b12-9-,20-17-,21-18-,29-26-,30-27-,43-40-/t64-/m1/s1. The van der Waals surface area contributed by atoms with Crippen LogP contribution >= 0.6 is 0 Å². The predicted molar refractivity (Wildman–Crippen MR) is 316 cm³/mol. The molecule has 422 valence electrons. The Morgan fingerprint density at radius 3 is 0.863 bits per heavy atom. The summed E-state index contributed by atoms with van der Waals surface area (Å²) >= 11 is 0. The van der Waals surface area contributed by atoms with Crippen LogP contribution in [0.5, 0.6) is 0 Å². The third-order valence-corrected chi connectivity index (χ3v) is 13.7. The maximum atomic E-state index is 12.9. The zero-order valence-corrected chi connectivity index (χ0v) is 48.4. The first kappa shape index (κ1) is 69.8. The third-order valence-electron chi connectivity index (χ3n) is 13.7. The van der Waals surface area contributed by atoms with E-state index in [0.717, 1.165) is 109 Å². The molecule has 0 amide bonds. The van der Waals surface area contributed by atoms with Crippen LogP contribution in [-0.4, -0.2) is 37.2 Å². The molecule has 0 unspecified atom stereocenters. The maximum Gasteiger partial charge on any atom is 0.306 e. The first-order chi connectivity index (χ1) is 36.0. The fourth-order valence-corrected chi connectivity index (χ4v) is 9.00. The van der Waals surface area contributed by atoms with E-state index in [2.05, 4.69) is 93.7 Å². The van der Waals surface area contributed by atoms with Crippen molar-refractivity contribution in [3.8, 4) is 0 Å². The van der Waals surface area contributed by atoms with E-state index >= 15 is 0 Å². The smallest absolute Gasteiger partial charge is 0.306 e. The summed E-state index contributed by atoms with van der Waals surface area (Å²) in [7, 11) is 0. The number of carbonyl (C=O) groups is 3. The number of allylic oxidation sites excluding steroid dienone is 12. The molecule has 0 spiro atoms. The van der Waals surface area contributed by atoms with Crippen LogP contribution < -0.4 is 0 Å². The number of rotatable bonds is 57. The molecule has 0 saturated heterocycles. The second kappa shape index (κ2) is 61.4. The molecule has 0 saturated carbocycles. The number of esters is 3. The van der Waals surface area contributed by atoms with Crippen molar-refractivity contribution in [1.29, 1.82) is 0 Å². The third kappa shape index (κ3) is 59.6. The van der Waals surface area contributed by atoms with Gasteiger partial charge in [-0.2, -0.15) is 0 Å². The fourth-order valence-electron chi connectivity index (χ4n) is 9.00. The molecule has 6 nitrogen and oxygen atoms in total. The van der Waals surface area contributed by atoms with Gasteiger partial charge in [0.1, 0.15) is 13.2 Å². The molecule has 0 rings (SSSR count). The van der Waals surface area contributed by atoms with Gasteiger partial charge in [0.05, 0.1) is 0 Å². The Kier molecular flexibility index (Phi) is 58.7. The Hall–Kier alpha value is -3.15. The van der Waals surface area contributed by atoms with Gasteiger partial charge in [-0.05, 0) is 89.9 Å². The monoisotopic (exact) mass is 1020 g/mol. The average Bonchev–Trinajstić information content (AvgIpc) is 3.39. The molecule has 0 bridgehead atoms. The van der Waals surface area contributed by atoms with Gasteiger partial charge in [-0.3, -0.25) is 14.4 Å². The summed E-state index contributed by atoms with van der Waals surface area (Å²) in [6, 6.07) is 0. The quantitative estimate of drug-likeness (QED) is 0.0261. The molecule has 73 heavy (non-hydrogen) atoms. The molecule has 0 radical (unpaired) electrons. The van der Waals surface area contributed by atoms with Gasteiger partial charge in [0, 0.05) is 19.3 Å². The van der Waals surface area contributed by atoms with Gasteiger partial charge in [-0.25, -0.2) is 0 Å².